The highest BCUT2D eigenvalue weighted by molar-refractivity contribution is 5.83. The lowest BCUT2D eigenvalue weighted by Gasteiger charge is -2.32. The molecule has 0 bridgehead atoms. The van der Waals surface area contributed by atoms with Crippen LogP contribution in [-0.4, -0.2) is 16.2 Å². The summed E-state index contributed by atoms with van der Waals surface area (Å²) in [6.45, 7) is 4.42. The summed E-state index contributed by atoms with van der Waals surface area (Å²) in [5.41, 5.74) is 3.58. The van der Waals surface area contributed by atoms with Crippen LogP contribution in [0.25, 0.3) is 16.5 Å². The van der Waals surface area contributed by atoms with Crippen molar-refractivity contribution in [2.24, 2.45) is 5.41 Å². The molecule has 0 aliphatic heterocycles. The number of allylic oxidation sites excluding steroid dienone is 1. The largest absolute Gasteiger partial charge is 0.389 e. The van der Waals surface area contributed by atoms with Crippen molar-refractivity contribution >= 4 is 16.5 Å². The monoisotopic (exact) mass is 253 g/mol. The predicted molar refractivity (Wildman–Crippen MR) is 78.7 cm³/mol. The van der Waals surface area contributed by atoms with E-state index in [-0.39, 0.29) is 11.5 Å². The second-order valence-corrected chi connectivity index (χ2v) is 6.22. The number of fused-ring (bicyclic) bond motifs is 1. The summed E-state index contributed by atoms with van der Waals surface area (Å²) in [5, 5.41) is 11.2. The Morgan fingerprint density at radius 2 is 2.11 bits per heavy atom. The zero-order valence-corrected chi connectivity index (χ0v) is 11.4. The molecule has 0 saturated carbocycles. The molecule has 1 aromatic heterocycles. The van der Waals surface area contributed by atoms with Gasteiger partial charge in [0.2, 0.25) is 0 Å². The quantitative estimate of drug-likeness (QED) is 0.838. The van der Waals surface area contributed by atoms with Gasteiger partial charge in [-0.2, -0.15) is 0 Å². The highest BCUT2D eigenvalue weighted by atomic mass is 16.3. The molecule has 98 valence electrons. The summed E-state index contributed by atoms with van der Waals surface area (Å²) >= 11 is 0. The van der Waals surface area contributed by atoms with Crippen molar-refractivity contribution in [1.82, 2.24) is 4.98 Å². The molecule has 2 aromatic rings. The highest BCUT2D eigenvalue weighted by Gasteiger charge is 2.28. The highest BCUT2D eigenvalue weighted by Crippen LogP contribution is 2.39. The van der Waals surface area contributed by atoms with Crippen molar-refractivity contribution in [1.29, 1.82) is 0 Å². The standard InChI is InChI=1S/C17H19NO/c1-17(2)10-14(8-15(19)11-17)13-6-5-12-4-3-7-18-16(12)9-13/h3-9,15,19H,10-11H2,1-2H3. The molecule has 0 radical (unpaired) electrons. The van der Waals surface area contributed by atoms with Gasteiger partial charge in [-0.25, -0.2) is 0 Å². The van der Waals surface area contributed by atoms with Gasteiger partial charge >= 0.3 is 0 Å². The van der Waals surface area contributed by atoms with Crippen molar-refractivity contribution in [2.45, 2.75) is 32.8 Å². The van der Waals surface area contributed by atoms with Crippen molar-refractivity contribution in [2.75, 3.05) is 0 Å². The molecule has 1 aliphatic carbocycles. The van der Waals surface area contributed by atoms with Crippen LogP contribution in [0.1, 0.15) is 32.3 Å². The van der Waals surface area contributed by atoms with Crippen LogP contribution in [0.15, 0.2) is 42.6 Å². The summed E-state index contributed by atoms with van der Waals surface area (Å²) < 4.78 is 0. The third kappa shape index (κ3) is 2.54. The summed E-state index contributed by atoms with van der Waals surface area (Å²) in [4.78, 5) is 4.40. The first kappa shape index (κ1) is 12.4. The van der Waals surface area contributed by atoms with E-state index >= 15 is 0 Å². The van der Waals surface area contributed by atoms with Crippen molar-refractivity contribution in [3.8, 4) is 0 Å². The van der Waals surface area contributed by atoms with E-state index in [2.05, 4.69) is 43.1 Å². The van der Waals surface area contributed by atoms with Gasteiger partial charge in [0, 0.05) is 11.6 Å². The van der Waals surface area contributed by atoms with E-state index in [0.717, 1.165) is 23.7 Å². The lowest BCUT2D eigenvalue weighted by Crippen LogP contribution is -2.24. The molecule has 1 aliphatic rings. The van der Waals surface area contributed by atoms with Crippen molar-refractivity contribution in [3.05, 3.63) is 48.2 Å². The number of benzene rings is 1. The smallest absolute Gasteiger partial charge is 0.0732 e. The first-order chi connectivity index (χ1) is 9.03. The summed E-state index contributed by atoms with van der Waals surface area (Å²) in [7, 11) is 0. The van der Waals surface area contributed by atoms with Crippen LogP contribution in [-0.2, 0) is 0 Å². The maximum Gasteiger partial charge on any atom is 0.0732 e. The molecule has 2 nitrogen and oxygen atoms in total. The zero-order chi connectivity index (χ0) is 13.5. The second kappa shape index (κ2) is 4.46. The van der Waals surface area contributed by atoms with Crippen LogP contribution in [0.3, 0.4) is 0 Å². The summed E-state index contributed by atoms with van der Waals surface area (Å²) in [6, 6.07) is 10.4. The van der Waals surface area contributed by atoms with Crippen LogP contribution in [0.5, 0.6) is 0 Å². The van der Waals surface area contributed by atoms with Gasteiger partial charge in [-0.3, -0.25) is 4.98 Å². The molecular formula is C17H19NO. The number of aliphatic hydroxyl groups excluding tert-OH is 1. The van der Waals surface area contributed by atoms with E-state index < -0.39 is 0 Å². The SMILES string of the molecule is CC1(C)CC(c2ccc3cccnc3c2)=CC(O)C1. The average Bonchev–Trinajstić information content (AvgIpc) is 2.36. The maximum absolute atomic E-state index is 10.00. The Labute approximate surface area is 113 Å². The fraction of sp³-hybridized carbons (Fsp3) is 0.353. The second-order valence-electron chi connectivity index (χ2n) is 6.22. The Morgan fingerprint density at radius 1 is 1.26 bits per heavy atom. The summed E-state index contributed by atoms with van der Waals surface area (Å²) in [6.07, 6.45) is 5.32. The molecular weight excluding hydrogens is 234 g/mol. The van der Waals surface area contributed by atoms with Gasteiger partial charge < -0.3 is 5.11 Å². The van der Waals surface area contributed by atoms with Crippen LogP contribution < -0.4 is 0 Å². The van der Waals surface area contributed by atoms with Crippen LogP contribution in [0, 0.1) is 5.41 Å². The molecule has 0 fully saturated rings. The number of aliphatic hydroxyl groups is 1. The van der Waals surface area contributed by atoms with Gasteiger partial charge in [-0.05, 0) is 41.5 Å². The molecule has 2 heteroatoms. The first-order valence-electron chi connectivity index (χ1n) is 6.77. The minimum Gasteiger partial charge on any atom is -0.389 e. The molecule has 0 saturated heterocycles. The van der Waals surface area contributed by atoms with E-state index in [0.29, 0.717) is 0 Å². The maximum atomic E-state index is 10.00. The zero-order valence-electron chi connectivity index (χ0n) is 11.4. The van der Waals surface area contributed by atoms with Gasteiger partial charge in [-0.1, -0.05) is 38.1 Å². The normalized spacial score (nSPS) is 22.3. The Kier molecular flexibility index (Phi) is 2.90. The molecule has 1 atom stereocenters. The number of pyridine rings is 1. The summed E-state index contributed by atoms with van der Waals surface area (Å²) in [5.74, 6) is 0. The topological polar surface area (TPSA) is 33.1 Å². The number of hydrogen-bond acceptors (Lipinski definition) is 2. The molecule has 1 unspecified atom stereocenters. The predicted octanol–water partition coefficient (Wildman–Crippen LogP) is 3.80. The molecule has 1 heterocycles. The van der Waals surface area contributed by atoms with Crippen LogP contribution in [0.2, 0.25) is 0 Å². The molecule has 0 spiro atoms. The fourth-order valence-corrected chi connectivity index (χ4v) is 2.97. The number of nitrogens with zero attached hydrogens (tertiary/aromatic N) is 1. The Balaban J connectivity index is 2.04. The van der Waals surface area contributed by atoms with E-state index in [1.165, 1.54) is 11.1 Å². The average molecular weight is 253 g/mol. The molecule has 0 amide bonds. The van der Waals surface area contributed by atoms with Crippen molar-refractivity contribution in [3.63, 3.8) is 0 Å². The Hall–Kier alpha value is -1.67. The molecule has 19 heavy (non-hydrogen) atoms. The number of aromatic nitrogens is 1. The third-order valence-corrected chi connectivity index (χ3v) is 3.80. The minimum atomic E-state index is -0.335. The van der Waals surface area contributed by atoms with E-state index in [1.807, 2.05) is 18.3 Å². The lowest BCUT2D eigenvalue weighted by molar-refractivity contribution is 0.146. The van der Waals surface area contributed by atoms with Gasteiger partial charge in [0.1, 0.15) is 0 Å². The fourth-order valence-electron chi connectivity index (χ4n) is 2.97. The molecule has 3 rings (SSSR count). The Bertz CT molecular complexity index is 643. The third-order valence-electron chi connectivity index (χ3n) is 3.80. The van der Waals surface area contributed by atoms with Crippen molar-refractivity contribution < 1.29 is 5.11 Å². The first-order valence-corrected chi connectivity index (χ1v) is 6.77. The number of hydrogen-bond donors (Lipinski definition) is 1. The van der Waals surface area contributed by atoms with Gasteiger partial charge in [0.05, 0.1) is 11.6 Å². The van der Waals surface area contributed by atoms with E-state index in [1.54, 1.807) is 0 Å². The minimum absolute atomic E-state index is 0.155. The van der Waals surface area contributed by atoms with E-state index in [9.17, 15) is 5.11 Å². The molecule has 1 N–H and O–H groups in total. The number of rotatable bonds is 1. The lowest BCUT2D eigenvalue weighted by atomic mass is 9.74. The van der Waals surface area contributed by atoms with Crippen LogP contribution in [0.4, 0.5) is 0 Å². The van der Waals surface area contributed by atoms with Crippen LogP contribution >= 0.6 is 0 Å². The van der Waals surface area contributed by atoms with E-state index in [4.69, 9.17) is 0 Å². The van der Waals surface area contributed by atoms with Gasteiger partial charge in [0.15, 0.2) is 0 Å². The van der Waals surface area contributed by atoms with Gasteiger partial charge in [-0.15, -0.1) is 0 Å². The van der Waals surface area contributed by atoms with Gasteiger partial charge in [0.25, 0.3) is 0 Å². The Morgan fingerprint density at radius 3 is 2.89 bits per heavy atom. The molecule has 1 aromatic carbocycles.